The van der Waals surface area contributed by atoms with Gasteiger partial charge in [-0.25, -0.2) is 0 Å². The molecular formula is C20H24O6Ti. The fourth-order valence-corrected chi connectivity index (χ4v) is 7.99. The quantitative estimate of drug-likeness (QED) is 0.470. The van der Waals surface area contributed by atoms with Gasteiger partial charge in [0.1, 0.15) is 0 Å². The van der Waals surface area contributed by atoms with Crippen LogP contribution in [0.15, 0.2) is 58.6 Å². The third-order valence-electron chi connectivity index (χ3n) is 4.89. The molecule has 0 heterocycles. The Hall–Kier alpha value is -2.18. The van der Waals surface area contributed by atoms with Gasteiger partial charge in [0.05, 0.1) is 0 Å². The van der Waals surface area contributed by atoms with Gasteiger partial charge in [-0.1, -0.05) is 0 Å². The zero-order chi connectivity index (χ0) is 20.2. The predicted molar refractivity (Wildman–Crippen MR) is 96.2 cm³/mol. The van der Waals surface area contributed by atoms with Gasteiger partial charge in [-0.3, -0.25) is 0 Å². The van der Waals surface area contributed by atoms with Crippen LogP contribution in [0, 0.1) is 5.92 Å². The molecule has 0 bridgehead atoms. The molecule has 144 valence electrons. The molecule has 0 saturated carbocycles. The molecule has 27 heavy (non-hydrogen) atoms. The standard InChI is InChI=1S/C11H15.3C3H4O2.Ti/c1-8-7-10-5-3-4-6-11(10)9(8)2;3*1-2-3(4)5;/h9H,3-6H2,1-2H3;3*2H,1H2,(H,4,5);/q;;;;+3/p-3. The van der Waals surface area contributed by atoms with Gasteiger partial charge < -0.3 is 0 Å². The molecule has 0 fully saturated rings. The number of hydrogen-bond acceptors (Lipinski definition) is 6. The van der Waals surface area contributed by atoms with Crippen molar-refractivity contribution in [1.29, 1.82) is 0 Å². The van der Waals surface area contributed by atoms with Crippen LogP contribution < -0.4 is 0 Å². The zero-order valence-electron chi connectivity index (χ0n) is 15.7. The van der Waals surface area contributed by atoms with Crippen molar-refractivity contribution in [1.82, 2.24) is 0 Å². The van der Waals surface area contributed by atoms with Crippen molar-refractivity contribution in [3.63, 3.8) is 0 Å². The van der Waals surface area contributed by atoms with Crippen molar-refractivity contribution in [2.24, 2.45) is 5.92 Å². The van der Waals surface area contributed by atoms with E-state index in [1.54, 1.807) is 0 Å². The van der Waals surface area contributed by atoms with E-state index < -0.39 is 35.7 Å². The Morgan fingerprint density at radius 3 is 1.81 bits per heavy atom. The molecule has 0 aromatic carbocycles. The number of carbonyl (C=O) groups is 3. The van der Waals surface area contributed by atoms with Crippen molar-refractivity contribution in [3.05, 3.63) is 58.6 Å². The first-order valence-electron chi connectivity index (χ1n) is 8.79. The molecule has 2 aliphatic rings. The summed E-state index contributed by atoms with van der Waals surface area (Å²) in [6.07, 6.45) is 6.55. The summed E-state index contributed by atoms with van der Waals surface area (Å²) in [5.41, 5.74) is 3.10. The number of allylic oxidation sites excluding steroid dienone is 4. The predicted octanol–water partition coefficient (Wildman–Crippen LogP) is 3.87. The van der Waals surface area contributed by atoms with Gasteiger partial charge >= 0.3 is 164 Å². The second-order valence-electron chi connectivity index (χ2n) is 6.42. The van der Waals surface area contributed by atoms with Crippen LogP contribution in [-0.2, 0) is 42.1 Å². The van der Waals surface area contributed by atoms with E-state index in [0.29, 0.717) is 3.88 Å². The molecule has 0 aromatic rings. The Kier molecular flexibility index (Phi) is 6.79. The average molecular weight is 408 g/mol. The van der Waals surface area contributed by atoms with E-state index in [1.165, 1.54) is 5.57 Å². The molecule has 0 radical (unpaired) electrons. The number of carbonyl (C=O) groups excluding carboxylic acids is 3. The van der Waals surface area contributed by atoms with Crippen molar-refractivity contribution in [2.75, 3.05) is 0 Å². The van der Waals surface area contributed by atoms with Crippen LogP contribution >= 0.6 is 0 Å². The van der Waals surface area contributed by atoms with Gasteiger partial charge in [-0.15, -0.1) is 0 Å². The van der Waals surface area contributed by atoms with Crippen LogP contribution in [0.2, 0.25) is 0 Å². The summed E-state index contributed by atoms with van der Waals surface area (Å²) in [6, 6.07) is 0. The molecule has 0 spiro atoms. The van der Waals surface area contributed by atoms with Gasteiger partial charge in [0.2, 0.25) is 0 Å². The minimum absolute atomic E-state index is 0.104. The summed E-state index contributed by atoms with van der Waals surface area (Å²) in [5.74, 6) is -2.35. The zero-order valence-corrected chi connectivity index (χ0v) is 17.3. The monoisotopic (exact) mass is 408 g/mol. The Bertz CT molecular complexity index is 718. The summed E-state index contributed by atoms with van der Waals surface area (Å²) >= 11 is -4.94. The third-order valence-corrected chi connectivity index (χ3v) is 9.13. The summed E-state index contributed by atoms with van der Waals surface area (Å²) < 4.78 is 17.2. The summed E-state index contributed by atoms with van der Waals surface area (Å²) in [6.45, 7) is 14.1. The molecule has 1 unspecified atom stereocenters. The molecule has 1 atom stereocenters. The first-order valence-corrected chi connectivity index (χ1v) is 11.5. The van der Waals surface area contributed by atoms with E-state index in [4.69, 9.17) is 9.96 Å². The maximum atomic E-state index is 12.1. The molecular weight excluding hydrogens is 384 g/mol. The molecule has 7 heteroatoms. The second kappa shape index (κ2) is 8.68. The SMILES string of the molecule is C=CC(=O)[O][Ti]([O]C(=O)C=C)([O]C(=O)C=C)[C]1=C(C)C(C)C2=C1CCCC2. The molecule has 2 rings (SSSR count). The van der Waals surface area contributed by atoms with E-state index in [2.05, 4.69) is 26.7 Å². The van der Waals surface area contributed by atoms with Crippen molar-refractivity contribution < 1.29 is 42.1 Å². The van der Waals surface area contributed by atoms with Crippen LogP contribution in [0.3, 0.4) is 0 Å². The van der Waals surface area contributed by atoms with Crippen molar-refractivity contribution in [2.45, 2.75) is 39.5 Å². The van der Waals surface area contributed by atoms with Gasteiger partial charge in [0.25, 0.3) is 0 Å². The van der Waals surface area contributed by atoms with E-state index >= 15 is 0 Å². The van der Waals surface area contributed by atoms with Gasteiger partial charge in [-0.2, -0.15) is 0 Å². The number of rotatable bonds is 7. The Labute approximate surface area is 164 Å². The van der Waals surface area contributed by atoms with Crippen molar-refractivity contribution in [3.8, 4) is 0 Å². The first-order chi connectivity index (χ1) is 12.8. The van der Waals surface area contributed by atoms with Gasteiger partial charge in [-0.05, 0) is 0 Å². The fourth-order valence-electron chi connectivity index (χ4n) is 3.57. The molecule has 0 aliphatic heterocycles. The second-order valence-corrected chi connectivity index (χ2v) is 9.90. The summed E-state index contributed by atoms with van der Waals surface area (Å²) in [7, 11) is 0. The van der Waals surface area contributed by atoms with E-state index in [1.807, 2.05) is 6.92 Å². The number of hydrogen-bond donors (Lipinski definition) is 0. The molecule has 0 amide bonds. The summed E-state index contributed by atoms with van der Waals surface area (Å²) in [4.78, 5) is 36.3. The third kappa shape index (κ3) is 4.23. The minimum atomic E-state index is -4.94. The molecule has 2 aliphatic carbocycles. The Morgan fingerprint density at radius 1 is 0.926 bits per heavy atom. The van der Waals surface area contributed by atoms with Crippen molar-refractivity contribution >= 4 is 17.9 Å². The van der Waals surface area contributed by atoms with E-state index in [0.717, 1.165) is 55.1 Å². The van der Waals surface area contributed by atoms with E-state index in [-0.39, 0.29) is 5.92 Å². The topological polar surface area (TPSA) is 78.9 Å². The fraction of sp³-hybridized carbons (Fsp3) is 0.350. The van der Waals surface area contributed by atoms with Crippen LogP contribution in [0.5, 0.6) is 0 Å². The first kappa shape index (κ1) is 21.1. The van der Waals surface area contributed by atoms with Crippen LogP contribution in [0.1, 0.15) is 39.5 Å². The Morgan fingerprint density at radius 2 is 1.37 bits per heavy atom. The maximum absolute atomic E-state index is 12.1. The molecule has 6 nitrogen and oxygen atoms in total. The van der Waals surface area contributed by atoms with Gasteiger partial charge in [0, 0.05) is 0 Å². The average Bonchev–Trinajstić information content (AvgIpc) is 2.92. The van der Waals surface area contributed by atoms with Crippen LogP contribution in [0.4, 0.5) is 0 Å². The molecule has 0 N–H and O–H groups in total. The normalized spacial score (nSPS) is 19.1. The van der Waals surface area contributed by atoms with Crippen LogP contribution in [-0.4, -0.2) is 17.9 Å². The molecule has 0 saturated heterocycles. The van der Waals surface area contributed by atoms with E-state index in [9.17, 15) is 14.4 Å². The molecule has 0 aromatic heterocycles. The summed E-state index contributed by atoms with van der Waals surface area (Å²) in [5, 5.41) is 0. The Balaban J connectivity index is 2.69. The van der Waals surface area contributed by atoms with Crippen LogP contribution in [0.25, 0.3) is 0 Å². The van der Waals surface area contributed by atoms with Gasteiger partial charge in [0.15, 0.2) is 0 Å².